The van der Waals surface area contributed by atoms with Gasteiger partial charge in [-0.05, 0) is 44.3 Å². The number of benzene rings is 1. The van der Waals surface area contributed by atoms with E-state index >= 15 is 0 Å². The molecule has 1 aromatic rings. The fourth-order valence-corrected chi connectivity index (χ4v) is 2.01. The van der Waals surface area contributed by atoms with Crippen molar-refractivity contribution < 1.29 is 0 Å². The molecule has 1 rings (SSSR count). The van der Waals surface area contributed by atoms with Crippen LogP contribution in [-0.4, -0.2) is 25.3 Å². The summed E-state index contributed by atoms with van der Waals surface area (Å²) in [5.41, 5.74) is 1.52. The monoisotopic (exact) mass is 246 g/mol. The van der Waals surface area contributed by atoms with Crippen LogP contribution >= 0.6 is 11.8 Å². The van der Waals surface area contributed by atoms with Gasteiger partial charge in [0.25, 0.3) is 0 Å². The highest BCUT2D eigenvalue weighted by Gasteiger charge is 2.31. The highest BCUT2D eigenvalue weighted by atomic mass is 32.2. The van der Waals surface area contributed by atoms with Crippen molar-refractivity contribution in [3.8, 4) is 6.07 Å². The second kappa shape index (κ2) is 5.90. The van der Waals surface area contributed by atoms with Crippen LogP contribution in [0, 0.1) is 18.3 Å². The molecule has 0 saturated carbocycles. The normalized spacial score (nSPS) is 14.8. The third-order valence-electron chi connectivity index (χ3n) is 2.81. The molecular formula is C14H18N2S. The molecule has 0 heterocycles. The molecule has 0 radical (unpaired) electrons. The van der Waals surface area contributed by atoms with Crippen molar-refractivity contribution in [3.63, 3.8) is 0 Å². The van der Waals surface area contributed by atoms with E-state index in [0.29, 0.717) is 0 Å². The van der Waals surface area contributed by atoms with Gasteiger partial charge in [-0.15, -0.1) is 11.8 Å². The van der Waals surface area contributed by atoms with Gasteiger partial charge in [-0.25, -0.2) is 0 Å². The van der Waals surface area contributed by atoms with Gasteiger partial charge in [-0.3, -0.25) is 4.90 Å². The molecule has 90 valence electrons. The lowest BCUT2D eigenvalue weighted by Gasteiger charge is -2.31. The summed E-state index contributed by atoms with van der Waals surface area (Å²) in [5, 5.41) is 11.5. The minimum Gasteiger partial charge on any atom is -0.285 e. The van der Waals surface area contributed by atoms with E-state index in [2.05, 4.69) is 6.07 Å². The zero-order chi connectivity index (χ0) is 12.9. The van der Waals surface area contributed by atoms with Crippen molar-refractivity contribution in [2.75, 3.05) is 20.4 Å². The molecule has 0 aliphatic heterocycles. The number of nitrogens with zero attached hydrogens (tertiary/aromatic N) is 2. The minimum atomic E-state index is -0.684. The van der Waals surface area contributed by atoms with Crippen LogP contribution in [0.2, 0.25) is 0 Å². The first kappa shape index (κ1) is 13.8. The van der Waals surface area contributed by atoms with Gasteiger partial charge in [0, 0.05) is 0 Å². The maximum Gasteiger partial charge on any atom is 0.153 e. The first-order chi connectivity index (χ1) is 8.06. The van der Waals surface area contributed by atoms with Gasteiger partial charge in [0.05, 0.1) is 6.07 Å². The Balaban J connectivity index is 3.28. The molecule has 0 bridgehead atoms. The smallest absolute Gasteiger partial charge is 0.153 e. The van der Waals surface area contributed by atoms with Crippen LogP contribution < -0.4 is 0 Å². The summed E-state index contributed by atoms with van der Waals surface area (Å²) in [6, 6.07) is 10.5. The number of hydrogen-bond donors (Lipinski definition) is 0. The Labute approximate surface area is 108 Å². The van der Waals surface area contributed by atoms with E-state index < -0.39 is 5.54 Å². The average Bonchev–Trinajstić information content (AvgIpc) is 2.32. The first-order valence-corrected chi connectivity index (χ1v) is 6.72. The molecule has 0 N–H and O–H groups in total. The molecule has 0 fully saturated rings. The van der Waals surface area contributed by atoms with Crippen molar-refractivity contribution in [1.82, 2.24) is 4.90 Å². The van der Waals surface area contributed by atoms with E-state index in [-0.39, 0.29) is 0 Å². The molecule has 0 aliphatic carbocycles. The quantitative estimate of drug-likeness (QED) is 0.816. The van der Waals surface area contributed by atoms with Crippen molar-refractivity contribution in [3.05, 3.63) is 46.9 Å². The Kier molecular flexibility index (Phi) is 4.80. The molecule has 1 unspecified atom stereocenters. The largest absolute Gasteiger partial charge is 0.285 e. The lowest BCUT2D eigenvalue weighted by molar-refractivity contribution is 0.275. The highest BCUT2D eigenvalue weighted by molar-refractivity contribution is 8.01. The summed E-state index contributed by atoms with van der Waals surface area (Å²) in [6.07, 6.45) is 3.94. The molecule has 0 aliphatic rings. The van der Waals surface area contributed by atoms with Gasteiger partial charge in [0.15, 0.2) is 5.54 Å². The topological polar surface area (TPSA) is 27.0 Å². The third-order valence-corrected chi connectivity index (χ3v) is 3.22. The summed E-state index contributed by atoms with van der Waals surface area (Å²) >= 11 is 1.60. The van der Waals surface area contributed by atoms with Gasteiger partial charge in [0.2, 0.25) is 0 Å². The van der Waals surface area contributed by atoms with Crippen LogP contribution in [0.1, 0.15) is 11.1 Å². The van der Waals surface area contributed by atoms with Crippen molar-refractivity contribution in [1.29, 1.82) is 5.26 Å². The van der Waals surface area contributed by atoms with Crippen LogP contribution in [0.15, 0.2) is 35.7 Å². The zero-order valence-corrected chi connectivity index (χ0v) is 11.6. The number of hydrogen-bond acceptors (Lipinski definition) is 3. The summed E-state index contributed by atoms with van der Waals surface area (Å²) in [6.45, 7) is 2.05. The van der Waals surface area contributed by atoms with Crippen LogP contribution in [0.4, 0.5) is 0 Å². The zero-order valence-electron chi connectivity index (χ0n) is 10.8. The number of aryl methyl sites for hydroxylation is 1. The van der Waals surface area contributed by atoms with Crippen molar-refractivity contribution >= 4 is 11.8 Å². The van der Waals surface area contributed by atoms with E-state index in [9.17, 15) is 5.26 Å². The Hall–Kier alpha value is -1.24. The molecule has 3 heteroatoms. The molecular weight excluding hydrogens is 228 g/mol. The van der Waals surface area contributed by atoms with Gasteiger partial charge >= 0.3 is 0 Å². The second-order valence-corrected chi connectivity index (χ2v) is 4.92. The molecule has 1 atom stereocenters. The second-order valence-electron chi connectivity index (χ2n) is 4.18. The van der Waals surface area contributed by atoms with E-state index in [4.69, 9.17) is 0 Å². The highest BCUT2D eigenvalue weighted by Crippen LogP contribution is 2.28. The molecule has 0 spiro atoms. The Bertz CT molecular complexity index is 429. The van der Waals surface area contributed by atoms with E-state index in [1.54, 1.807) is 11.8 Å². The van der Waals surface area contributed by atoms with E-state index in [0.717, 1.165) is 5.56 Å². The maximum atomic E-state index is 9.54. The number of thioether (sulfide) groups is 1. The lowest BCUT2D eigenvalue weighted by Crippen LogP contribution is -2.38. The predicted molar refractivity (Wildman–Crippen MR) is 74.8 cm³/mol. The Morgan fingerprint density at radius 2 is 1.88 bits per heavy atom. The average molecular weight is 246 g/mol. The Morgan fingerprint density at radius 3 is 2.29 bits per heavy atom. The number of rotatable bonds is 4. The number of nitriles is 1. The molecule has 0 saturated heterocycles. The van der Waals surface area contributed by atoms with Crippen LogP contribution in [-0.2, 0) is 5.54 Å². The number of likely N-dealkylation sites (N-methyl/N-ethyl adjacent to an activating group) is 1. The lowest BCUT2D eigenvalue weighted by atomic mass is 9.90. The van der Waals surface area contributed by atoms with Crippen molar-refractivity contribution in [2.45, 2.75) is 12.5 Å². The van der Waals surface area contributed by atoms with Gasteiger partial charge < -0.3 is 0 Å². The summed E-state index contributed by atoms with van der Waals surface area (Å²) in [5.74, 6) is 0. The van der Waals surface area contributed by atoms with Crippen LogP contribution in [0.25, 0.3) is 0 Å². The standard InChI is InChI=1S/C14H18N2S/c1-12-5-7-13(8-6-12)14(11-15,16(2)3)9-10-17-4/h5-10H,1-4H3/b10-9+. The maximum absolute atomic E-state index is 9.54. The molecule has 1 aromatic carbocycles. The third kappa shape index (κ3) is 2.91. The van der Waals surface area contributed by atoms with Gasteiger partial charge in [0.1, 0.15) is 0 Å². The fraction of sp³-hybridized carbons (Fsp3) is 0.357. The van der Waals surface area contributed by atoms with Crippen molar-refractivity contribution in [2.24, 2.45) is 0 Å². The molecule has 2 nitrogen and oxygen atoms in total. The molecule has 0 aromatic heterocycles. The molecule has 17 heavy (non-hydrogen) atoms. The first-order valence-electron chi connectivity index (χ1n) is 5.43. The predicted octanol–water partition coefficient (Wildman–Crippen LogP) is 3.15. The van der Waals surface area contributed by atoms with E-state index in [1.165, 1.54) is 5.56 Å². The van der Waals surface area contributed by atoms with Gasteiger partial charge in [-0.2, -0.15) is 5.26 Å². The summed E-state index contributed by atoms with van der Waals surface area (Å²) in [7, 11) is 3.85. The summed E-state index contributed by atoms with van der Waals surface area (Å²) in [4.78, 5) is 1.93. The van der Waals surface area contributed by atoms with Crippen LogP contribution in [0.5, 0.6) is 0 Å². The van der Waals surface area contributed by atoms with Crippen LogP contribution in [0.3, 0.4) is 0 Å². The fourth-order valence-electron chi connectivity index (χ4n) is 1.68. The van der Waals surface area contributed by atoms with Gasteiger partial charge in [-0.1, -0.05) is 29.8 Å². The van der Waals surface area contributed by atoms with E-state index in [1.807, 2.05) is 67.9 Å². The minimum absolute atomic E-state index is 0.684. The Morgan fingerprint density at radius 1 is 1.29 bits per heavy atom. The molecule has 0 amide bonds. The SMILES string of the molecule is CS/C=C/C(C#N)(c1ccc(C)cc1)N(C)C. The summed E-state index contributed by atoms with van der Waals surface area (Å²) < 4.78 is 0.